The molecule has 5 nitrogen and oxygen atoms in total. The second-order valence-electron chi connectivity index (χ2n) is 4.27. The van der Waals surface area contributed by atoms with Gasteiger partial charge in [-0.05, 0) is 38.1 Å². The number of nitrogens with zero attached hydrogens (tertiary/aromatic N) is 1. The Balaban J connectivity index is 2.49. The van der Waals surface area contributed by atoms with Crippen LogP contribution >= 0.6 is 0 Å². The number of hydrogen-bond donors (Lipinski definition) is 2. The van der Waals surface area contributed by atoms with Crippen molar-refractivity contribution in [1.82, 2.24) is 4.57 Å². The molecule has 1 aromatic heterocycles. The second kappa shape index (κ2) is 4.68. The summed E-state index contributed by atoms with van der Waals surface area (Å²) in [6, 6.07) is 6.41. The predicted molar refractivity (Wildman–Crippen MR) is 69.9 cm³/mol. The second-order valence-corrected chi connectivity index (χ2v) is 4.27. The number of ether oxygens (including phenoxy) is 1. The Morgan fingerprint density at radius 1 is 1.05 bits per heavy atom. The van der Waals surface area contributed by atoms with Crippen molar-refractivity contribution in [2.45, 2.75) is 13.8 Å². The lowest BCUT2D eigenvalue weighted by Crippen LogP contribution is -2.01. The van der Waals surface area contributed by atoms with Crippen LogP contribution in [-0.4, -0.2) is 27.9 Å². The first kappa shape index (κ1) is 13.0. The van der Waals surface area contributed by atoms with Crippen molar-refractivity contribution in [2.24, 2.45) is 0 Å². The van der Waals surface area contributed by atoms with E-state index in [0.717, 1.165) is 0 Å². The zero-order valence-corrected chi connectivity index (χ0v) is 11.0. The Hall–Kier alpha value is -2.43. The van der Waals surface area contributed by atoms with Gasteiger partial charge in [0.2, 0.25) is 11.8 Å². The number of esters is 1. The molecule has 1 aromatic carbocycles. The summed E-state index contributed by atoms with van der Waals surface area (Å²) in [5, 5.41) is 20.0. The van der Waals surface area contributed by atoms with Gasteiger partial charge in [-0.3, -0.25) is 4.57 Å². The van der Waals surface area contributed by atoms with Crippen LogP contribution in [0.1, 0.15) is 21.5 Å². The summed E-state index contributed by atoms with van der Waals surface area (Å²) >= 11 is 0. The predicted octanol–water partition coefficient (Wildman–Crippen LogP) is 2.29. The normalized spacial score (nSPS) is 10.5. The molecular weight excluding hydrogens is 246 g/mol. The molecule has 0 bridgehead atoms. The minimum atomic E-state index is -0.431. The van der Waals surface area contributed by atoms with Gasteiger partial charge in [0.05, 0.1) is 18.4 Å². The van der Waals surface area contributed by atoms with E-state index in [-0.39, 0.29) is 11.8 Å². The molecule has 0 radical (unpaired) electrons. The third kappa shape index (κ3) is 2.03. The molecule has 0 aliphatic heterocycles. The molecule has 0 spiro atoms. The fourth-order valence-corrected chi connectivity index (χ4v) is 1.88. The molecule has 0 saturated carbocycles. The number of rotatable bonds is 2. The average Bonchev–Trinajstić information content (AvgIpc) is 2.62. The van der Waals surface area contributed by atoms with E-state index in [1.54, 1.807) is 38.1 Å². The highest BCUT2D eigenvalue weighted by atomic mass is 16.5. The van der Waals surface area contributed by atoms with E-state index < -0.39 is 5.97 Å². The molecule has 0 atom stereocenters. The number of hydrogen-bond acceptors (Lipinski definition) is 4. The fourth-order valence-electron chi connectivity index (χ4n) is 1.88. The van der Waals surface area contributed by atoms with Crippen molar-refractivity contribution in [2.75, 3.05) is 7.11 Å². The molecule has 0 aliphatic carbocycles. The maximum atomic E-state index is 11.3. The van der Waals surface area contributed by atoms with Gasteiger partial charge in [-0.25, -0.2) is 4.79 Å². The maximum absolute atomic E-state index is 11.3. The number of aromatic nitrogens is 1. The first-order chi connectivity index (χ1) is 8.97. The summed E-state index contributed by atoms with van der Waals surface area (Å²) in [5.41, 5.74) is 2.22. The van der Waals surface area contributed by atoms with E-state index >= 15 is 0 Å². The Morgan fingerprint density at radius 2 is 1.53 bits per heavy atom. The summed E-state index contributed by atoms with van der Waals surface area (Å²) in [6.45, 7) is 3.45. The Morgan fingerprint density at radius 3 is 1.95 bits per heavy atom. The number of carbonyl (C=O) groups is 1. The maximum Gasteiger partial charge on any atom is 0.337 e. The average molecular weight is 261 g/mol. The number of methoxy groups -OCH3 is 1. The smallest absolute Gasteiger partial charge is 0.337 e. The Labute approximate surface area is 110 Å². The van der Waals surface area contributed by atoms with E-state index in [1.165, 1.54) is 11.7 Å². The minimum Gasteiger partial charge on any atom is -0.494 e. The first-order valence-corrected chi connectivity index (χ1v) is 5.76. The molecule has 100 valence electrons. The Bertz CT molecular complexity index is 600. The molecular formula is C14H15NO4. The van der Waals surface area contributed by atoms with Crippen molar-refractivity contribution < 1.29 is 19.7 Å². The third-order valence-corrected chi connectivity index (χ3v) is 3.20. The number of benzene rings is 1. The van der Waals surface area contributed by atoms with Gasteiger partial charge in [0.1, 0.15) is 0 Å². The van der Waals surface area contributed by atoms with Crippen LogP contribution in [0.3, 0.4) is 0 Å². The van der Waals surface area contributed by atoms with Crippen LogP contribution in [0.15, 0.2) is 24.3 Å². The zero-order valence-electron chi connectivity index (χ0n) is 11.0. The molecule has 0 fully saturated rings. The topological polar surface area (TPSA) is 71.7 Å². The molecule has 19 heavy (non-hydrogen) atoms. The highest BCUT2D eigenvalue weighted by Crippen LogP contribution is 2.35. The molecule has 0 unspecified atom stereocenters. The quantitative estimate of drug-likeness (QED) is 0.814. The van der Waals surface area contributed by atoms with Gasteiger partial charge in [-0.1, -0.05) is 0 Å². The van der Waals surface area contributed by atoms with Gasteiger partial charge in [0.25, 0.3) is 0 Å². The van der Waals surface area contributed by atoms with Crippen molar-refractivity contribution >= 4 is 5.97 Å². The van der Waals surface area contributed by atoms with Crippen molar-refractivity contribution in [3.8, 4) is 17.4 Å². The molecule has 5 heteroatoms. The van der Waals surface area contributed by atoms with E-state index in [4.69, 9.17) is 0 Å². The fraction of sp³-hybridized carbons (Fsp3) is 0.214. The monoisotopic (exact) mass is 261 g/mol. The summed E-state index contributed by atoms with van der Waals surface area (Å²) in [7, 11) is 1.31. The third-order valence-electron chi connectivity index (χ3n) is 3.20. The van der Waals surface area contributed by atoms with E-state index in [2.05, 4.69) is 4.74 Å². The SMILES string of the molecule is COC(=O)c1ccc(-n2c(O)c(C)c(C)c2O)cc1. The van der Waals surface area contributed by atoms with Gasteiger partial charge in [-0.2, -0.15) is 0 Å². The molecule has 0 amide bonds. The zero-order chi connectivity index (χ0) is 14.2. The van der Waals surface area contributed by atoms with Crippen molar-refractivity contribution in [1.29, 1.82) is 0 Å². The number of carbonyl (C=O) groups excluding carboxylic acids is 1. The highest BCUT2D eigenvalue weighted by molar-refractivity contribution is 5.89. The van der Waals surface area contributed by atoms with Gasteiger partial charge in [-0.15, -0.1) is 0 Å². The van der Waals surface area contributed by atoms with Crippen LogP contribution in [0.4, 0.5) is 0 Å². The summed E-state index contributed by atoms with van der Waals surface area (Å²) < 4.78 is 5.93. The lowest BCUT2D eigenvalue weighted by Gasteiger charge is -2.07. The number of aromatic hydroxyl groups is 2. The van der Waals surface area contributed by atoms with Crippen LogP contribution in [0.25, 0.3) is 5.69 Å². The summed E-state index contributed by atoms with van der Waals surface area (Å²) in [5.74, 6) is -0.457. The van der Waals surface area contributed by atoms with Gasteiger partial charge in [0, 0.05) is 11.1 Å². The molecule has 0 saturated heterocycles. The van der Waals surface area contributed by atoms with E-state index in [1.807, 2.05) is 0 Å². The van der Waals surface area contributed by atoms with Crippen LogP contribution in [0.2, 0.25) is 0 Å². The van der Waals surface area contributed by atoms with Crippen LogP contribution in [0.5, 0.6) is 11.8 Å². The molecule has 2 aromatic rings. The summed E-state index contributed by atoms with van der Waals surface area (Å²) in [6.07, 6.45) is 0. The summed E-state index contributed by atoms with van der Waals surface area (Å²) in [4.78, 5) is 11.3. The van der Waals surface area contributed by atoms with E-state index in [9.17, 15) is 15.0 Å². The minimum absolute atomic E-state index is 0.0131. The lowest BCUT2D eigenvalue weighted by molar-refractivity contribution is 0.0601. The van der Waals surface area contributed by atoms with Crippen LogP contribution in [-0.2, 0) is 4.74 Å². The molecule has 0 aliphatic rings. The Kier molecular flexibility index (Phi) is 3.21. The van der Waals surface area contributed by atoms with E-state index in [0.29, 0.717) is 22.4 Å². The van der Waals surface area contributed by atoms with Crippen molar-refractivity contribution in [3.05, 3.63) is 41.0 Å². The largest absolute Gasteiger partial charge is 0.494 e. The van der Waals surface area contributed by atoms with Gasteiger partial charge >= 0.3 is 5.97 Å². The van der Waals surface area contributed by atoms with Gasteiger partial charge < -0.3 is 14.9 Å². The van der Waals surface area contributed by atoms with Crippen LogP contribution < -0.4 is 0 Å². The van der Waals surface area contributed by atoms with Crippen molar-refractivity contribution in [3.63, 3.8) is 0 Å². The van der Waals surface area contributed by atoms with Gasteiger partial charge in [0.15, 0.2) is 0 Å². The standard InChI is InChI=1S/C14H15NO4/c1-8-9(2)13(17)15(12(8)16)11-6-4-10(5-7-11)14(18)19-3/h4-7,16-17H,1-3H3. The molecule has 2 rings (SSSR count). The van der Waals surface area contributed by atoms with Crippen LogP contribution in [0, 0.1) is 13.8 Å². The lowest BCUT2D eigenvalue weighted by atomic mass is 10.2. The molecule has 2 N–H and O–H groups in total. The molecule has 1 heterocycles. The first-order valence-electron chi connectivity index (χ1n) is 5.76. The highest BCUT2D eigenvalue weighted by Gasteiger charge is 2.17.